The standard InChI is InChI=1S/C24H29ClN4O6S3/c25-22-11-10-19(36-22)12-15-37(32,33)27-21-9-5-13-28(24(21)31)17-23(30)29-14-4-6-18(29)16-26-38(34,35)20-7-2-1-3-8-20/h1-3,7-8,10-12,15,18,21,26-27H,4-6,9,13-14,16-17H2/t18-,21+/m1/s1. The highest BCUT2D eigenvalue weighted by molar-refractivity contribution is 7.92. The predicted molar refractivity (Wildman–Crippen MR) is 146 cm³/mol. The number of piperidine rings is 1. The van der Waals surface area contributed by atoms with Crippen LogP contribution in [0, 0.1) is 0 Å². The van der Waals surface area contributed by atoms with Gasteiger partial charge in [-0.05, 0) is 56.0 Å². The summed E-state index contributed by atoms with van der Waals surface area (Å²) >= 11 is 7.10. The molecule has 2 aliphatic rings. The summed E-state index contributed by atoms with van der Waals surface area (Å²) in [6.07, 6.45) is 3.64. The van der Waals surface area contributed by atoms with Crippen molar-refractivity contribution in [3.8, 4) is 0 Å². The van der Waals surface area contributed by atoms with Gasteiger partial charge in [0, 0.05) is 36.0 Å². The molecule has 2 atom stereocenters. The normalized spacial score (nSPS) is 20.9. The SMILES string of the molecule is O=C1[C@@H](NS(=O)(=O)C=Cc2ccc(Cl)s2)CCCN1CC(=O)N1CCC[C@@H]1CNS(=O)(=O)c1ccccc1. The first kappa shape index (κ1) is 28.7. The lowest BCUT2D eigenvalue weighted by atomic mass is 10.1. The molecule has 0 bridgehead atoms. The molecule has 0 aliphatic carbocycles. The Kier molecular flexibility index (Phi) is 9.27. The fourth-order valence-electron chi connectivity index (χ4n) is 4.54. The van der Waals surface area contributed by atoms with Gasteiger partial charge in [-0.1, -0.05) is 29.8 Å². The van der Waals surface area contributed by atoms with E-state index in [0.29, 0.717) is 41.6 Å². The summed E-state index contributed by atoms with van der Waals surface area (Å²) < 4.78 is 55.7. The second kappa shape index (κ2) is 12.3. The molecule has 38 heavy (non-hydrogen) atoms. The zero-order chi connectivity index (χ0) is 27.3. The highest BCUT2D eigenvalue weighted by Crippen LogP contribution is 2.23. The first-order valence-corrected chi connectivity index (χ1v) is 16.4. The number of carbonyl (C=O) groups is 2. The number of sulfonamides is 2. The number of hydrogen-bond acceptors (Lipinski definition) is 7. The van der Waals surface area contributed by atoms with E-state index in [0.717, 1.165) is 11.8 Å². The molecule has 1 aromatic heterocycles. The minimum absolute atomic E-state index is 0.0706. The molecule has 4 rings (SSSR count). The van der Waals surface area contributed by atoms with Gasteiger partial charge in [0.25, 0.3) is 0 Å². The van der Waals surface area contributed by atoms with Crippen molar-refractivity contribution in [1.82, 2.24) is 19.2 Å². The molecule has 2 fully saturated rings. The van der Waals surface area contributed by atoms with E-state index in [2.05, 4.69) is 9.44 Å². The van der Waals surface area contributed by atoms with E-state index in [-0.39, 0.29) is 29.9 Å². The van der Waals surface area contributed by atoms with Crippen LogP contribution in [0.2, 0.25) is 4.34 Å². The lowest BCUT2D eigenvalue weighted by Gasteiger charge is -2.34. The monoisotopic (exact) mass is 600 g/mol. The van der Waals surface area contributed by atoms with E-state index in [1.807, 2.05) is 0 Å². The average Bonchev–Trinajstić information content (AvgIpc) is 3.53. The van der Waals surface area contributed by atoms with Crippen molar-refractivity contribution in [3.05, 3.63) is 57.1 Å². The van der Waals surface area contributed by atoms with Crippen LogP contribution in [0.5, 0.6) is 0 Å². The summed E-state index contributed by atoms with van der Waals surface area (Å²) in [5.41, 5.74) is 0. The number of thiophene rings is 1. The zero-order valence-electron chi connectivity index (χ0n) is 20.5. The van der Waals surface area contributed by atoms with Crippen LogP contribution in [0.4, 0.5) is 0 Å². The van der Waals surface area contributed by atoms with E-state index in [9.17, 15) is 26.4 Å². The molecular formula is C24H29ClN4O6S3. The maximum absolute atomic E-state index is 13.1. The van der Waals surface area contributed by atoms with Crippen molar-refractivity contribution in [3.63, 3.8) is 0 Å². The first-order chi connectivity index (χ1) is 18.0. The minimum Gasteiger partial charge on any atom is -0.337 e. The number of halogens is 1. The minimum atomic E-state index is -3.90. The van der Waals surface area contributed by atoms with Gasteiger partial charge in [-0.25, -0.2) is 21.6 Å². The van der Waals surface area contributed by atoms with E-state index in [1.165, 1.54) is 34.4 Å². The third-order valence-electron chi connectivity index (χ3n) is 6.43. The van der Waals surface area contributed by atoms with Crippen LogP contribution in [0.3, 0.4) is 0 Å². The summed E-state index contributed by atoms with van der Waals surface area (Å²) in [6, 6.07) is 10.1. The molecule has 1 aromatic carbocycles. The second-order valence-electron chi connectivity index (χ2n) is 9.11. The number of carbonyl (C=O) groups excluding carboxylic acids is 2. The molecule has 2 N–H and O–H groups in total. The van der Waals surface area contributed by atoms with Crippen molar-refractivity contribution >= 4 is 60.9 Å². The summed E-state index contributed by atoms with van der Waals surface area (Å²) in [6.45, 7) is 0.682. The molecule has 14 heteroatoms. The lowest BCUT2D eigenvalue weighted by Crippen LogP contribution is -2.55. The Morgan fingerprint density at radius 3 is 2.50 bits per heavy atom. The molecule has 0 unspecified atom stereocenters. The fraction of sp³-hybridized carbons (Fsp3) is 0.417. The lowest BCUT2D eigenvalue weighted by molar-refractivity contribution is -0.143. The Hall–Kier alpha value is -2.29. The van der Waals surface area contributed by atoms with Crippen molar-refractivity contribution in [2.75, 3.05) is 26.2 Å². The van der Waals surface area contributed by atoms with Gasteiger partial charge in [0.05, 0.1) is 15.8 Å². The Morgan fingerprint density at radius 1 is 1.05 bits per heavy atom. The Morgan fingerprint density at radius 2 is 1.79 bits per heavy atom. The van der Waals surface area contributed by atoms with Gasteiger partial charge < -0.3 is 9.80 Å². The van der Waals surface area contributed by atoms with Gasteiger partial charge in [0.2, 0.25) is 31.9 Å². The number of nitrogens with zero attached hydrogens (tertiary/aromatic N) is 2. The topological polar surface area (TPSA) is 133 Å². The van der Waals surface area contributed by atoms with Gasteiger partial charge >= 0.3 is 0 Å². The second-order valence-corrected chi connectivity index (χ2v) is 14.2. The molecule has 3 heterocycles. The first-order valence-electron chi connectivity index (χ1n) is 12.1. The molecule has 2 aromatic rings. The van der Waals surface area contributed by atoms with Crippen molar-refractivity contribution in [2.24, 2.45) is 0 Å². The molecular weight excluding hydrogens is 572 g/mol. The zero-order valence-corrected chi connectivity index (χ0v) is 23.7. The van der Waals surface area contributed by atoms with Crippen LogP contribution in [0.1, 0.15) is 30.6 Å². The van der Waals surface area contributed by atoms with Crippen molar-refractivity contribution in [2.45, 2.75) is 42.7 Å². The largest absolute Gasteiger partial charge is 0.337 e. The van der Waals surface area contributed by atoms with Gasteiger partial charge in [0.1, 0.15) is 6.04 Å². The van der Waals surface area contributed by atoms with E-state index < -0.39 is 32.0 Å². The third-order valence-corrected chi connectivity index (χ3v) is 10.2. The fourth-order valence-corrected chi connectivity index (χ4v) is 7.70. The number of likely N-dealkylation sites (tertiary alicyclic amines) is 2. The van der Waals surface area contributed by atoms with Crippen LogP contribution in [0.25, 0.3) is 6.08 Å². The highest BCUT2D eigenvalue weighted by atomic mass is 35.5. The maximum atomic E-state index is 13.1. The molecule has 206 valence electrons. The van der Waals surface area contributed by atoms with E-state index >= 15 is 0 Å². The van der Waals surface area contributed by atoms with Crippen LogP contribution in [-0.2, 0) is 29.6 Å². The average molecular weight is 601 g/mol. The van der Waals surface area contributed by atoms with Crippen LogP contribution >= 0.6 is 22.9 Å². The number of nitrogens with one attached hydrogen (secondary N) is 2. The van der Waals surface area contributed by atoms with E-state index in [1.54, 1.807) is 35.2 Å². The molecule has 0 spiro atoms. The summed E-state index contributed by atoms with van der Waals surface area (Å²) in [5, 5.41) is 0.998. The van der Waals surface area contributed by atoms with Gasteiger partial charge in [-0.2, -0.15) is 4.72 Å². The molecule has 2 aliphatic heterocycles. The Labute approximate surface area is 231 Å². The maximum Gasteiger partial charge on any atom is 0.242 e. The molecule has 0 radical (unpaired) electrons. The Bertz CT molecular complexity index is 1400. The van der Waals surface area contributed by atoms with Crippen LogP contribution in [-0.4, -0.2) is 76.7 Å². The molecule has 2 saturated heterocycles. The smallest absolute Gasteiger partial charge is 0.242 e. The number of amides is 2. The summed E-state index contributed by atoms with van der Waals surface area (Å²) in [4.78, 5) is 29.9. The number of rotatable bonds is 10. The van der Waals surface area contributed by atoms with E-state index in [4.69, 9.17) is 11.6 Å². The Balaban J connectivity index is 1.33. The van der Waals surface area contributed by atoms with Crippen LogP contribution in [0.15, 0.2) is 52.8 Å². The van der Waals surface area contributed by atoms with Crippen molar-refractivity contribution < 1.29 is 26.4 Å². The van der Waals surface area contributed by atoms with Crippen molar-refractivity contribution in [1.29, 1.82) is 0 Å². The molecule has 0 saturated carbocycles. The molecule has 2 amide bonds. The number of hydrogen-bond donors (Lipinski definition) is 2. The number of benzene rings is 1. The predicted octanol–water partition coefficient (Wildman–Crippen LogP) is 2.25. The van der Waals surface area contributed by atoms with Gasteiger partial charge in [0.15, 0.2) is 0 Å². The third kappa shape index (κ3) is 7.42. The van der Waals surface area contributed by atoms with Gasteiger partial charge in [-0.15, -0.1) is 11.3 Å². The van der Waals surface area contributed by atoms with Crippen LogP contribution < -0.4 is 9.44 Å². The highest BCUT2D eigenvalue weighted by Gasteiger charge is 2.35. The molecule has 10 nitrogen and oxygen atoms in total. The summed E-state index contributed by atoms with van der Waals surface area (Å²) in [7, 11) is -7.61. The van der Waals surface area contributed by atoms with Gasteiger partial charge in [-0.3, -0.25) is 9.59 Å². The summed E-state index contributed by atoms with van der Waals surface area (Å²) in [5.74, 6) is -0.751. The quantitative estimate of drug-likeness (QED) is 0.430.